The molecule has 0 bridgehead atoms. The van der Waals surface area contributed by atoms with Crippen molar-refractivity contribution >= 4 is 17.8 Å². The first-order valence-electron chi connectivity index (χ1n) is 9.28. The molecule has 27 heavy (non-hydrogen) atoms. The molecule has 2 atom stereocenters. The van der Waals surface area contributed by atoms with E-state index in [0.29, 0.717) is 37.8 Å². The first kappa shape index (κ1) is 20.9. The minimum absolute atomic E-state index is 0.0742. The maximum atomic E-state index is 13.7. The summed E-state index contributed by atoms with van der Waals surface area (Å²) in [5.74, 6) is -2.46. The van der Waals surface area contributed by atoms with Crippen LogP contribution in [0, 0.1) is 17.7 Å². The average molecular weight is 378 g/mol. The van der Waals surface area contributed by atoms with Crippen molar-refractivity contribution in [1.29, 1.82) is 0 Å². The van der Waals surface area contributed by atoms with Crippen molar-refractivity contribution in [2.45, 2.75) is 32.6 Å². The summed E-state index contributed by atoms with van der Waals surface area (Å²) in [6.45, 7) is 2.41. The van der Waals surface area contributed by atoms with Crippen molar-refractivity contribution < 1.29 is 23.9 Å². The Labute approximate surface area is 158 Å². The minimum Gasteiger partial charge on any atom is -0.481 e. The highest BCUT2D eigenvalue weighted by atomic mass is 19.1. The molecule has 0 aliphatic carbocycles. The maximum Gasteiger partial charge on any atom is 0.308 e. The van der Waals surface area contributed by atoms with Gasteiger partial charge in [-0.25, -0.2) is 4.39 Å². The molecule has 148 valence electrons. The Kier molecular flexibility index (Phi) is 7.33. The fourth-order valence-electron chi connectivity index (χ4n) is 3.36. The topological polar surface area (TPSA) is 77.9 Å². The van der Waals surface area contributed by atoms with Gasteiger partial charge in [-0.3, -0.25) is 14.4 Å². The number of hydrogen-bond donors (Lipinski definition) is 1. The monoisotopic (exact) mass is 378 g/mol. The van der Waals surface area contributed by atoms with Gasteiger partial charge in [-0.15, -0.1) is 0 Å². The summed E-state index contributed by atoms with van der Waals surface area (Å²) in [4.78, 5) is 38.9. The van der Waals surface area contributed by atoms with Gasteiger partial charge in [0, 0.05) is 26.1 Å². The number of piperidine rings is 1. The Balaban J connectivity index is 1.84. The Morgan fingerprint density at radius 1 is 1.33 bits per heavy atom. The molecule has 1 saturated heterocycles. The SMILES string of the molecule is CC(CCc1ccccc1F)C(=O)N(C)CC(=O)N1CCCC(C(=O)O)C1. The van der Waals surface area contributed by atoms with E-state index < -0.39 is 11.9 Å². The summed E-state index contributed by atoms with van der Waals surface area (Å²) in [5.41, 5.74) is 0.573. The summed E-state index contributed by atoms with van der Waals surface area (Å²) >= 11 is 0. The highest BCUT2D eigenvalue weighted by Crippen LogP contribution is 2.18. The van der Waals surface area contributed by atoms with E-state index in [1.165, 1.54) is 15.9 Å². The molecule has 7 heteroatoms. The van der Waals surface area contributed by atoms with E-state index in [4.69, 9.17) is 5.11 Å². The second kappa shape index (κ2) is 9.48. The van der Waals surface area contributed by atoms with E-state index in [2.05, 4.69) is 0 Å². The van der Waals surface area contributed by atoms with Crippen molar-refractivity contribution in [2.24, 2.45) is 11.8 Å². The lowest BCUT2D eigenvalue weighted by Gasteiger charge is -2.32. The number of halogens is 1. The third-order valence-corrected chi connectivity index (χ3v) is 5.10. The smallest absolute Gasteiger partial charge is 0.308 e. The number of likely N-dealkylation sites (N-methyl/N-ethyl adjacent to an activating group) is 1. The second-order valence-electron chi connectivity index (χ2n) is 7.24. The zero-order chi connectivity index (χ0) is 20.0. The van der Waals surface area contributed by atoms with Gasteiger partial charge in [0.05, 0.1) is 12.5 Å². The second-order valence-corrected chi connectivity index (χ2v) is 7.24. The predicted octanol–water partition coefficient (Wildman–Crippen LogP) is 2.18. The molecule has 1 fully saturated rings. The average Bonchev–Trinajstić information content (AvgIpc) is 2.66. The number of carbonyl (C=O) groups is 3. The Morgan fingerprint density at radius 3 is 2.70 bits per heavy atom. The van der Waals surface area contributed by atoms with Gasteiger partial charge in [0.15, 0.2) is 0 Å². The van der Waals surface area contributed by atoms with Crippen LogP contribution in [-0.4, -0.2) is 59.4 Å². The third-order valence-electron chi connectivity index (χ3n) is 5.10. The van der Waals surface area contributed by atoms with Crippen LogP contribution in [0.1, 0.15) is 31.7 Å². The molecule has 1 aliphatic heterocycles. The molecular formula is C20H27FN2O4. The molecule has 6 nitrogen and oxygen atoms in total. The fourth-order valence-corrected chi connectivity index (χ4v) is 3.36. The number of amides is 2. The third kappa shape index (κ3) is 5.77. The highest BCUT2D eigenvalue weighted by molar-refractivity contribution is 5.86. The summed E-state index contributed by atoms with van der Waals surface area (Å²) in [6, 6.07) is 6.49. The van der Waals surface area contributed by atoms with Crippen molar-refractivity contribution in [3.05, 3.63) is 35.6 Å². The van der Waals surface area contributed by atoms with Gasteiger partial charge < -0.3 is 14.9 Å². The number of rotatable bonds is 7. The van der Waals surface area contributed by atoms with E-state index in [9.17, 15) is 18.8 Å². The largest absolute Gasteiger partial charge is 0.481 e. The predicted molar refractivity (Wildman–Crippen MR) is 98.5 cm³/mol. The van der Waals surface area contributed by atoms with Gasteiger partial charge in [0.25, 0.3) is 0 Å². The summed E-state index contributed by atoms with van der Waals surface area (Å²) in [7, 11) is 1.57. The Hall–Kier alpha value is -2.44. The lowest BCUT2D eigenvalue weighted by molar-refractivity contribution is -0.147. The van der Waals surface area contributed by atoms with Gasteiger partial charge in [-0.2, -0.15) is 0 Å². The molecule has 0 radical (unpaired) electrons. The highest BCUT2D eigenvalue weighted by Gasteiger charge is 2.29. The van der Waals surface area contributed by atoms with Crippen molar-refractivity contribution in [1.82, 2.24) is 9.80 Å². The lowest BCUT2D eigenvalue weighted by atomic mass is 9.98. The molecule has 2 unspecified atom stereocenters. The van der Waals surface area contributed by atoms with Crippen LogP contribution in [0.25, 0.3) is 0 Å². The van der Waals surface area contributed by atoms with E-state index in [1.807, 2.05) is 0 Å². The number of carboxylic acid groups (broad SMARTS) is 1. The van der Waals surface area contributed by atoms with Crippen LogP contribution >= 0.6 is 0 Å². The van der Waals surface area contributed by atoms with Gasteiger partial charge in [-0.05, 0) is 37.3 Å². The number of likely N-dealkylation sites (tertiary alicyclic amines) is 1. The number of benzene rings is 1. The van der Waals surface area contributed by atoms with E-state index in [-0.39, 0.29) is 36.6 Å². The van der Waals surface area contributed by atoms with Crippen molar-refractivity contribution in [3.8, 4) is 0 Å². The number of aryl methyl sites for hydroxylation is 1. The van der Waals surface area contributed by atoms with Crippen LogP contribution in [0.15, 0.2) is 24.3 Å². The molecular weight excluding hydrogens is 351 g/mol. The van der Waals surface area contributed by atoms with Crippen LogP contribution in [0.2, 0.25) is 0 Å². The number of nitrogens with zero attached hydrogens (tertiary/aromatic N) is 2. The molecule has 1 aromatic carbocycles. The zero-order valence-corrected chi connectivity index (χ0v) is 15.9. The quantitative estimate of drug-likeness (QED) is 0.789. The summed E-state index contributed by atoms with van der Waals surface area (Å²) in [6.07, 6.45) is 2.16. The first-order valence-corrected chi connectivity index (χ1v) is 9.28. The molecule has 0 aromatic heterocycles. The lowest BCUT2D eigenvalue weighted by Crippen LogP contribution is -2.47. The van der Waals surface area contributed by atoms with Gasteiger partial charge in [-0.1, -0.05) is 25.1 Å². The maximum absolute atomic E-state index is 13.7. The standard InChI is InChI=1S/C20H27FN2O4/c1-14(9-10-15-6-3-4-8-17(15)21)19(25)22(2)13-18(24)23-11-5-7-16(12-23)20(26)27/h3-4,6,8,14,16H,5,7,9-13H2,1-2H3,(H,26,27). The molecule has 1 N–H and O–H groups in total. The number of hydrogen-bond acceptors (Lipinski definition) is 3. The molecule has 1 aliphatic rings. The normalized spacial score (nSPS) is 18.0. The summed E-state index contributed by atoms with van der Waals surface area (Å²) < 4.78 is 13.7. The van der Waals surface area contributed by atoms with Crippen molar-refractivity contribution in [2.75, 3.05) is 26.7 Å². The van der Waals surface area contributed by atoms with Gasteiger partial charge in [0.1, 0.15) is 5.82 Å². The zero-order valence-electron chi connectivity index (χ0n) is 15.9. The van der Waals surface area contributed by atoms with Crippen molar-refractivity contribution in [3.63, 3.8) is 0 Å². The van der Waals surface area contributed by atoms with Crippen LogP contribution in [0.4, 0.5) is 4.39 Å². The van der Waals surface area contributed by atoms with E-state index >= 15 is 0 Å². The molecule has 0 saturated carbocycles. The Bertz CT molecular complexity index is 694. The number of aliphatic carboxylic acids is 1. The number of carboxylic acids is 1. The van der Waals surface area contributed by atoms with Crippen LogP contribution < -0.4 is 0 Å². The van der Waals surface area contributed by atoms with Gasteiger partial charge >= 0.3 is 5.97 Å². The fraction of sp³-hybridized carbons (Fsp3) is 0.550. The van der Waals surface area contributed by atoms with Gasteiger partial charge in [0.2, 0.25) is 11.8 Å². The molecule has 1 aromatic rings. The first-order chi connectivity index (χ1) is 12.8. The van der Waals surface area contributed by atoms with E-state index in [0.717, 1.165) is 0 Å². The molecule has 0 spiro atoms. The molecule has 1 heterocycles. The molecule has 2 rings (SSSR count). The minimum atomic E-state index is -0.890. The number of carbonyl (C=O) groups excluding carboxylic acids is 2. The van der Waals surface area contributed by atoms with Crippen LogP contribution in [-0.2, 0) is 20.8 Å². The summed E-state index contributed by atoms with van der Waals surface area (Å²) in [5, 5.41) is 9.12. The van der Waals surface area contributed by atoms with Crippen LogP contribution in [0.5, 0.6) is 0 Å². The molecule has 2 amide bonds. The Morgan fingerprint density at radius 2 is 2.04 bits per heavy atom. The van der Waals surface area contributed by atoms with E-state index in [1.54, 1.807) is 32.2 Å². The van der Waals surface area contributed by atoms with Crippen LogP contribution in [0.3, 0.4) is 0 Å².